The molecule has 0 heterocycles. The van der Waals surface area contributed by atoms with Crippen LogP contribution in [0.25, 0.3) is 0 Å². The number of aryl methyl sites for hydroxylation is 1. The van der Waals surface area contributed by atoms with Crippen LogP contribution in [0.1, 0.15) is 25.3 Å². The molecular weight excluding hydrogens is 208 g/mol. The van der Waals surface area contributed by atoms with Gasteiger partial charge in [0.2, 0.25) is 0 Å². The number of rotatable bonds is 3. The Kier molecular flexibility index (Phi) is 3.52. The molecule has 17 heavy (non-hydrogen) atoms. The van der Waals surface area contributed by atoms with E-state index in [4.69, 9.17) is 11.5 Å². The van der Waals surface area contributed by atoms with Gasteiger partial charge in [-0.3, -0.25) is 0 Å². The normalized spacial score (nSPS) is 19.1. The number of hydrogen-bond acceptors (Lipinski definition) is 2. The molecule has 1 atom stereocenters. The van der Waals surface area contributed by atoms with E-state index in [2.05, 4.69) is 31.2 Å². The average molecular weight is 228 g/mol. The van der Waals surface area contributed by atoms with Crippen LogP contribution in [0.4, 0.5) is 11.4 Å². The molecule has 90 valence electrons. The van der Waals surface area contributed by atoms with E-state index in [-0.39, 0.29) is 0 Å². The van der Waals surface area contributed by atoms with Gasteiger partial charge >= 0.3 is 0 Å². The van der Waals surface area contributed by atoms with E-state index in [0.717, 1.165) is 12.8 Å². The van der Waals surface area contributed by atoms with E-state index in [1.54, 1.807) is 0 Å². The summed E-state index contributed by atoms with van der Waals surface area (Å²) in [6, 6.07) is 5.94. The van der Waals surface area contributed by atoms with Crippen LogP contribution in [0.5, 0.6) is 0 Å². The van der Waals surface area contributed by atoms with Crippen molar-refractivity contribution in [3.05, 3.63) is 47.6 Å². The Labute approximate surface area is 103 Å². The lowest BCUT2D eigenvalue weighted by Crippen LogP contribution is -2.00. The average Bonchev–Trinajstić information content (AvgIpc) is 2.31. The zero-order valence-electron chi connectivity index (χ0n) is 10.3. The number of hydrogen-bond donors (Lipinski definition) is 2. The highest BCUT2D eigenvalue weighted by molar-refractivity contribution is 5.63. The summed E-state index contributed by atoms with van der Waals surface area (Å²) in [4.78, 5) is 0. The van der Waals surface area contributed by atoms with Crippen LogP contribution in [0, 0.1) is 5.92 Å². The van der Waals surface area contributed by atoms with Gasteiger partial charge in [-0.1, -0.05) is 36.8 Å². The van der Waals surface area contributed by atoms with E-state index in [1.165, 1.54) is 17.6 Å². The van der Waals surface area contributed by atoms with Gasteiger partial charge in [0.15, 0.2) is 0 Å². The van der Waals surface area contributed by atoms with Crippen LogP contribution in [-0.2, 0) is 6.42 Å². The molecule has 0 aliphatic heterocycles. The standard InChI is InChI=1S/C15H20N2/c1-11-3-2-4-12(9-11)5-6-13-7-8-14(16)15(17)10-13/h2-4,7-8,10-11H,5-6,9,16-17H2,1H3. The molecule has 0 saturated heterocycles. The van der Waals surface area contributed by atoms with E-state index in [0.29, 0.717) is 17.3 Å². The smallest absolute Gasteiger partial charge is 0.0550 e. The second kappa shape index (κ2) is 5.09. The summed E-state index contributed by atoms with van der Waals surface area (Å²) in [7, 11) is 0. The Hall–Kier alpha value is -1.70. The lowest BCUT2D eigenvalue weighted by Gasteiger charge is -2.14. The summed E-state index contributed by atoms with van der Waals surface area (Å²) < 4.78 is 0. The van der Waals surface area contributed by atoms with Crippen LogP contribution in [0.15, 0.2) is 42.0 Å². The van der Waals surface area contributed by atoms with E-state index < -0.39 is 0 Å². The van der Waals surface area contributed by atoms with Crippen molar-refractivity contribution in [1.29, 1.82) is 0 Å². The zero-order valence-corrected chi connectivity index (χ0v) is 10.3. The van der Waals surface area contributed by atoms with Gasteiger partial charge in [-0.2, -0.15) is 0 Å². The molecule has 2 heteroatoms. The molecule has 1 aromatic rings. The fourth-order valence-corrected chi connectivity index (χ4v) is 2.20. The molecular formula is C15H20N2. The molecule has 1 aliphatic rings. The number of nitrogen functional groups attached to an aromatic ring is 2. The molecule has 0 radical (unpaired) electrons. The largest absolute Gasteiger partial charge is 0.397 e. The summed E-state index contributed by atoms with van der Waals surface area (Å²) in [5, 5.41) is 0. The summed E-state index contributed by atoms with van der Waals surface area (Å²) in [5.74, 6) is 0.673. The van der Waals surface area contributed by atoms with Crippen LogP contribution in [-0.4, -0.2) is 0 Å². The quantitative estimate of drug-likeness (QED) is 0.780. The van der Waals surface area contributed by atoms with Crippen molar-refractivity contribution in [1.82, 2.24) is 0 Å². The molecule has 0 aromatic heterocycles. The van der Waals surface area contributed by atoms with Gasteiger partial charge in [0, 0.05) is 0 Å². The van der Waals surface area contributed by atoms with Crippen LogP contribution >= 0.6 is 0 Å². The molecule has 1 aromatic carbocycles. The fourth-order valence-electron chi connectivity index (χ4n) is 2.20. The van der Waals surface area contributed by atoms with Gasteiger partial charge in [0.1, 0.15) is 0 Å². The van der Waals surface area contributed by atoms with E-state index in [9.17, 15) is 0 Å². The molecule has 0 amide bonds. The summed E-state index contributed by atoms with van der Waals surface area (Å²) >= 11 is 0. The molecule has 4 N–H and O–H groups in total. The van der Waals surface area contributed by atoms with Crippen molar-refractivity contribution in [2.75, 3.05) is 11.5 Å². The number of benzene rings is 1. The highest BCUT2D eigenvalue weighted by Gasteiger charge is 2.07. The molecule has 2 rings (SSSR count). The first-order chi connectivity index (χ1) is 8.15. The van der Waals surface area contributed by atoms with Crippen molar-refractivity contribution < 1.29 is 0 Å². The first-order valence-corrected chi connectivity index (χ1v) is 6.15. The third kappa shape index (κ3) is 3.13. The third-order valence-electron chi connectivity index (χ3n) is 3.24. The van der Waals surface area contributed by atoms with Crippen molar-refractivity contribution in [3.63, 3.8) is 0 Å². The second-order valence-corrected chi connectivity index (χ2v) is 4.85. The summed E-state index contributed by atoms with van der Waals surface area (Å²) in [6.45, 7) is 2.25. The summed E-state index contributed by atoms with van der Waals surface area (Å²) in [6.07, 6.45) is 9.99. The van der Waals surface area contributed by atoms with Gasteiger partial charge in [-0.25, -0.2) is 0 Å². The van der Waals surface area contributed by atoms with E-state index in [1.807, 2.05) is 12.1 Å². The topological polar surface area (TPSA) is 52.0 Å². The lowest BCUT2D eigenvalue weighted by atomic mass is 9.92. The first-order valence-electron chi connectivity index (χ1n) is 6.15. The molecule has 0 fully saturated rings. The monoisotopic (exact) mass is 228 g/mol. The zero-order chi connectivity index (χ0) is 12.3. The molecule has 0 saturated carbocycles. The third-order valence-corrected chi connectivity index (χ3v) is 3.24. The van der Waals surface area contributed by atoms with Crippen LogP contribution in [0.3, 0.4) is 0 Å². The SMILES string of the molecule is CC1C=CC=C(CCc2ccc(N)c(N)c2)C1. The van der Waals surface area contributed by atoms with Gasteiger partial charge < -0.3 is 11.5 Å². The maximum Gasteiger partial charge on any atom is 0.0550 e. The Balaban J connectivity index is 1.96. The highest BCUT2D eigenvalue weighted by Crippen LogP contribution is 2.23. The van der Waals surface area contributed by atoms with Crippen molar-refractivity contribution in [2.24, 2.45) is 5.92 Å². The molecule has 1 aliphatic carbocycles. The fraction of sp³-hybridized carbons (Fsp3) is 0.333. The van der Waals surface area contributed by atoms with Gasteiger partial charge in [0.25, 0.3) is 0 Å². The minimum atomic E-state index is 0.669. The number of nitrogens with two attached hydrogens (primary N) is 2. The Morgan fingerprint density at radius 1 is 1.18 bits per heavy atom. The molecule has 0 bridgehead atoms. The molecule has 0 spiro atoms. The first kappa shape index (κ1) is 11.8. The Morgan fingerprint density at radius 3 is 2.71 bits per heavy atom. The van der Waals surface area contributed by atoms with Gasteiger partial charge in [-0.05, 0) is 42.9 Å². The molecule has 2 nitrogen and oxygen atoms in total. The minimum Gasteiger partial charge on any atom is -0.397 e. The highest BCUT2D eigenvalue weighted by atomic mass is 14.7. The van der Waals surface area contributed by atoms with Crippen LogP contribution in [0.2, 0.25) is 0 Å². The Bertz CT molecular complexity index is 458. The number of anilines is 2. The van der Waals surface area contributed by atoms with Crippen molar-refractivity contribution in [2.45, 2.75) is 26.2 Å². The molecule has 1 unspecified atom stereocenters. The maximum absolute atomic E-state index is 5.80. The minimum absolute atomic E-state index is 0.669. The number of allylic oxidation sites excluding steroid dienone is 4. The maximum atomic E-state index is 5.80. The van der Waals surface area contributed by atoms with Gasteiger partial charge in [-0.15, -0.1) is 0 Å². The Morgan fingerprint density at radius 2 is 2.00 bits per heavy atom. The predicted octanol–water partition coefficient (Wildman–Crippen LogP) is 3.31. The second-order valence-electron chi connectivity index (χ2n) is 4.85. The summed E-state index contributed by atoms with van der Waals surface area (Å²) in [5.41, 5.74) is 15.6. The lowest BCUT2D eigenvalue weighted by molar-refractivity contribution is 0.678. The van der Waals surface area contributed by atoms with Crippen LogP contribution < -0.4 is 11.5 Å². The predicted molar refractivity (Wildman–Crippen MR) is 74.6 cm³/mol. The van der Waals surface area contributed by atoms with E-state index >= 15 is 0 Å². The van der Waals surface area contributed by atoms with Crippen molar-refractivity contribution in [3.8, 4) is 0 Å². The van der Waals surface area contributed by atoms with Gasteiger partial charge in [0.05, 0.1) is 11.4 Å². The van der Waals surface area contributed by atoms with Crippen molar-refractivity contribution >= 4 is 11.4 Å².